The molecule has 3 heterocycles. The summed E-state index contributed by atoms with van der Waals surface area (Å²) in [5, 5.41) is 0. The van der Waals surface area contributed by atoms with Crippen LogP contribution in [0.2, 0.25) is 0 Å². The van der Waals surface area contributed by atoms with Crippen molar-refractivity contribution in [1.29, 1.82) is 0 Å². The number of likely N-dealkylation sites (N-methyl/N-ethyl adjacent to an activating group) is 1. The van der Waals surface area contributed by atoms with Gasteiger partial charge in [-0.3, -0.25) is 9.69 Å². The predicted molar refractivity (Wildman–Crippen MR) is 139 cm³/mol. The van der Waals surface area contributed by atoms with E-state index in [1.54, 1.807) is 6.08 Å². The molecule has 2 aromatic rings. The van der Waals surface area contributed by atoms with Gasteiger partial charge in [-0.05, 0) is 61.7 Å². The van der Waals surface area contributed by atoms with Crippen LogP contribution in [0.5, 0.6) is 0 Å². The Hall–Kier alpha value is -2.89. The second kappa shape index (κ2) is 11.1. The highest BCUT2D eigenvalue weighted by Gasteiger charge is 2.48. The standard InChI is InChI=1S/C30H32F6N2O3/c1-17-6-4-5-7-25(17)27-26-15-38(23-11-24(39)14-37(3)13-23)12-20(26)16-40-28(27)41-18(2)19-8-21(29(31,32)33)10-22(9-19)30(34,35)36/h4-11,18,20,26-28H,12-16H2,1-3H3/t18-,20+,26?,27+,28-/m1/s1. The molecule has 5 nitrogen and oxygen atoms in total. The summed E-state index contributed by atoms with van der Waals surface area (Å²) in [6.45, 7) is 5.99. The van der Waals surface area contributed by atoms with Gasteiger partial charge in [0.2, 0.25) is 0 Å². The van der Waals surface area contributed by atoms with E-state index >= 15 is 0 Å². The molecule has 0 radical (unpaired) electrons. The highest BCUT2D eigenvalue weighted by atomic mass is 19.4. The molecule has 0 aliphatic carbocycles. The van der Waals surface area contributed by atoms with Gasteiger partial charge in [0.15, 0.2) is 12.1 Å². The number of halogens is 6. The molecule has 3 aliphatic heterocycles. The molecule has 2 fully saturated rings. The molecule has 41 heavy (non-hydrogen) atoms. The highest BCUT2D eigenvalue weighted by Crippen LogP contribution is 2.47. The summed E-state index contributed by atoms with van der Waals surface area (Å²) in [6.07, 6.45) is -10.2. The molecular weight excluding hydrogens is 550 g/mol. The quantitative estimate of drug-likeness (QED) is 0.393. The Bertz CT molecular complexity index is 1290. The Balaban J connectivity index is 1.46. The number of aryl methyl sites for hydroxylation is 1. The van der Waals surface area contributed by atoms with Crippen LogP contribution in [0.15, 0.2) is 54.2 Å². The summed E-state index contributed by atoms with van der Waals surface area (Å²) < 4.78 is 93.4. The van der Waals surface area contributed by atoms with Crippen molar-refractivity contribution in [3.8, 4) is 0 Å². The van der Waals surface area contributed by atoms with Crippen molar-refractivity contribution < 1.29 is 40.6 Å². The minimum absolute atomic E-state index is 0.0255. The minimum atomic E-state index is -4.95. The van der Waals surface area contributed by atoms with E-state index in [1.807, 2.05) is 43.1 Å². The van der Waals surface area contributed by atoms with Gasteiger partial charge in [-0.25, -0.2) is 0 Å². The van der Waals surface area contributed by atoms with Gasteiger partial charge in [0, 0.05) is 43.2 Å². The number of hydrogen-bond donors (Lipinski definition) is 0. The van der Waals surface area contributed by atoms with Gasteiger partial charge < -0.3 is 14.4 Å². The van der Waals surface area contributed by atoms with Crippen LogP contribution in [0.3, 0.4) is 0 Å². The van der Waals surface area contributed by atoms with Crippen LogP contribution in [0, 0.1) is 18.8 Å². The third-order valence-corrected chi connectivity index (χ3v) is 8.28. The molecule has 5 atom stereocenters. The molecule has 0 spiro atoms. The molecule has 1 unspecified atom stereocenters. The third-order valence-electron chi connectivity index (χ3n) is 8.28. The van der Waals surface area contributed by atoms with Crippen LogP contribution in [0.25, 0.3) is 0 Å². The maximum Gasteiger partial charge on any atom is 0.416 e. The van der Waals surface area contributed by atoms with E-state index in [0.717, 1.165) is 16.8 Å². The second-order valence-electron chi connectivity index (χ2n) is 11.3. The van der Waals surface area contributed by atoms with Gasteiger partial charge in [0.1, 0.15) is 0 Å². The number of carbonyl (C=O) groups is 1. The first-order chi connectivity index (χ1) is 19.2. The van der Waals surface area contributed by atoms with Crippen LogP contribution < -0.4 is 0 Å². The Morgan fingerprint density at radius 2 is 1.63 bits per heavy atom. The first kappa shape index (κ1) is 29.6. The molecule has 3 aliphatic rings. The largest absolute Gasteiger partial charge is 0.416 e. The number of nitrogens with zero attached hydrogens (tertiary/aromatic N) is 2. The third kappa shape index (κ3) is 6.32. The van der Waals surface area contributed by atoms with Crippen LogP contribution in [-0.2, 0) is 26.6 Å². The Morgan fingerprint density at radius 3 is 2.24 bits per heavy atom. The number of alkyl halides is 6. The molecule has 222 valence electrons. The zero-order valence-corrected chi connectivity index (χ0v) is 22.9. The van der Waals surface area contributed by atoms with Gasteiger partial charge in [-0.15, -0.1) is 0 Å². The maximum absolute atomic E-state index is 13.5. The molecule has 11 heteroatoms. The molecule has 2 aromatic carbocycles. The van der Waals surface area contributed by atoms with E-state index < -0.39 is 35.9 Å². The molecule has 0 bridgehead atoms. The molecular formula is C30H32F6N2O3. The van der Waals surface area contributed by atoms with Crippen molar-refractivity contribution in [1.82, 2.24) is 9.80 Å². The zero-order chi connectivity index (χ0) is 29.7. The second-order valence-corrected chi connectivity index (χ2v) is 11.3. The summed E-state index contributed by atoms with van der Waals surface area (Å²) in [5.74, 6) is -0.168. The van der Waals surface area contributed by atoms with Gasteiger partial charge >= 0.3 is 12.4 Å². The van der Waals surface area contributed by atoms with Crippen molar-refractivity contribution in [2.24, 2.45) is 11.8 Å². The Labute approximate surface area is 234 Å². The van der Waals surface area contributed by atoms with E-state index in [2.05, 4.69) is 4.90 Å². The smallest absolute Gasteiger partial charge is 0.373 e. The van der Waals surface area contributed by atoms with Crippen molar-refractivity contribution in [2.45, 2.75) is 44.5 Å². The highest BCUT2D eigenvalue weighted by molar-refractivity contribution is 5.92. The monoisotopic (exact) mass is 582 g/mol. The summed E-state index contributed by atoms with van der Waals surface area (Å²) in [4.78, 5) is 16.4. The van der Waals surface area contributed by atoms with E-state index in [1.165, 1.54) is 6.92 Å². The van der Waals surface area contributed by atoms with Crippen LogP contribution in [0.1, 0.15) is 46.8 Å². The van der Waals surface area contributed by atoms with Gasteiger partial charge in [-0.2, -0.15) is 26.3 Å². The van der Waals surface area contributed by atoms with E-state index in [9.17, 15) is 31.1 Å². The van der Waals surface area contributed by atoms with Gasteiger partial charge in [-0.1, -0.05) is 24.3 Å². The van der Waals surface area contributed by atoms with E-state index in [-0.39, 0.29) is 35.2 Å². The average Bonchev–Trinajstić information content (AvgIpc) is 3.32. The van der Waals surface area contributed by atoms with Crippen molar-refractivity contribution >= 4 is 5.78 Å². The number of fused-ring (bicyclic) bond motifs is 1. The number of likely N-dealkylation sites (tertiary alicyclic amines) is 1. The summed E-state index contributed by atoms with van der Waals surface area (Å²) >= 11 is 0. The van der Waals surface area contributed by atoms with Crippen molar-refractivity contribution in [3.63, 3.8) is 0 Å². The number of rotatable bonds is 5. The zero-order valence-electron chi connectivity index (χ0n) is 22.9. The van der Waals surface area contributed by atoms with Gasteiger partial charge in [0.05, 0.1) is 30.4 Å². The lowest BCUT2D eigenvalue weighted by atomic mass is 9.76. The normalized spacial score (nSPS) is 26.6. The maximum atomic E-state index is 13.5. The number of ketones is 1. The molecule has 0 amide bonds. The molecule has 0 aromatic heterocycles. The molecule has 0 saturated carbocycles. The first-order valence-electron chi connectivity index (χ1n) is 13.5. The summed E-state index contributed by atoms with van der Waals surface area (Å²) in [6, 6.07) is 9.21. The molecule has 2 saturated heterocycles. The van der Waals surface area contributed by atoms with Crippen LogP contribution in [-0.4, -0.2) is 61.7 Å². The number of benzene rings is 2. The topological polar surface area (TPSA) is 42.0 Å². The number of carbonyl (C=O) groups excluding carboxylic acids is 1. The summed E-state index contributed by atoms with van der Waals surface area (Å²) in [7, 11) is 1.89. The van der Waals surface area contributed by atoms with Crippen LogP contribution >= 0.6 is 0 Å². The minimum Gasteiger partial charge on any atom is -0.373 e. The SMILES string of the molecule is Cc1ccccc1[C@H]1C2CN(C3=CC(=O)CN(C)C3)C[C@H]2CO[C@@H]1O[C@H](C)c1cc(C(F)(F)F)cc(C(F)(F)F)c1. The number of ether oxygens (including phenoxy) is 2. The fraction of sp³-hybridized carbons (Fsp3) is 0.500. The Morgan fingerprint density at radius 1 is 0.976 bits per heavy atom. The summed E-state index contributed by atoms with van der Waals surface area (Å²) in [5.41, 5.74) is -0.146. The van der Waals surface area contributed by atoms with Gasteiger partial charge in [0.25, 0.3) is 0 Å². The molecule has 5 rings (SSSR count). The predicted octanol–water partition coefficient (Wildman–Crippen LogP) is 6.20. The Kier molecular flexibility index (Phi) is 7.99. The lowest BCUT2D eigenvalue weighted by Gasteiger charge is -2.41. The first-order valence-corrected chi connectivity index (χ1v) is 13.5. The fourth-order valence-electron chi connectivity index (χ4n) is 6.26. The number of hydrogen-bond acceptors (Lipinski definition) is 5. The van der Waals surface area contributed by atoms with Crippen LogP contribution in [0.4, 0.5) is 26.3 Å². The lowest BCUT2D eigenvalue weighted by molar-refractivity contribution is -0.217. The van der Waals surface area contributed by atoms with E-state index in [4.69, 9.17) is 9.47 Å². The van der Waals surface area contributed by atoms with Crippen molar-refractivity contribution in [2.75, 3.05) is 39.8 Å². The fourth-order valence-corrected chi connectivity index (χ4v) is 6.26. The molecule has 0 N–H and O–H groups in total. The lowest BCUT2D eigenvalue weighted by Crippen LogP contribution is -2.42. The van der Waals surface area contributed by atoms with E-state index in [0.29, 0.717) is 44.9 Å². The average molecular weight is 583 g/mol. The van der Waals surface area contributed by atoms with Crippen molar-refractivity contribution in [3.05, 3.63) is 82.1 Å².